The molecular formula is C10H21N3O2. The molecule has 88 valence electrons. The molecule has 0 aliphatic carbocycles. The Morgan fingerprint density at radius 3 is 2.27 bits per heavy atom. The van der Waals surface area contributed by atoms with E-state index < -0.39 is 11.9 Å². The Morgan fingerprint density at radius 2 is 1.93 bits per heavy atom. The molecule has 0 aromatic heterocycles. The van der Waals surface area contributed by atoms with Crippen molar-refractivity contribution in [2.45, 2.75) is 38.8 Å². The molecule has 0 aliphatic rings. The molecule has 15 heavy (non-hydrogen) atoms. The van der Waals surface area contributed by atoms with Crippen molar-refractivity contribution in [2.75, 3.05) is 14.1 Å². The molecule has 0 aliphatic heterocycles. The molecule has 0 radical (unpaired) electrons. The van der Waals surface area contributed by atoms with Crippen LogP contribution in [-0.4, -0.2) is 42.9 Å². The summed E-state index contributed by atoms with van der Waals surface area (Å²) >= 11 is 0. The third-order valence-electron chi connectivity index (χ3n) is 2.32. The van der Waals surface area contributed by atoms with Crippen LogP contribution in [0.2, 0.25) is 0 Å². The molecule has 0 saturated heterocycles. The zero-order valence-corrected chi connectivity index (χ0v) is 9.91. The Labute approximate surface area is 91.0 Å². The average molecular weight is 215 g/mol. The summed E-state index contributed by atoms with van der Waals surface area (Å²) < 4.78 is 0. The lowest BCUT2D eigenvalue weighted by Gasteiger charge is -2.21. The summed E-state index contributed by atoms with van der Waals surface area (Å²) in [6.07, 6.45) is 1.01. The van der Waals surface area contributed by atoms with Crippen LogP contribution in [0.1, 0.15) is 26.7 Å². The van der Waals surface area contributed by atoms with Gasteiger partial charge in [0.2, 0.25) is 11.8 Å². The van der Waals surface area contributed by atoms with Crippen molar-refractivity contribution in [1.82, 2.24) is 10.2 Å². The minimum Gasteiger partial charge on any atom is -0.368 e. The fourth-order valence-electron chi connectivity index (χ4n) is 1.06. The molecule has 2 atom stereocenters. The molecule has 0 fully saturated rings. The zero-order valence-electron chi connectivity index (χ0n) is 9.91. The van der Waals surface area contributed by atoms with Gasteiger partial charge < -0.3 is 16.0 Å². The lowest BCUT2D eigenvalue weighted by molar-refractivity contribution is -0.132. The van der Waals surface area contributed by atoms with E-state index in [1.54, 1.807) is 14.1 Å². The first-order valence-corrected chi connectivity index (χ1v) is 5.14. The van der Waals surface area contributed by atoms with E-state index >= 15 is 0 Å². The van der Waals surface area contributed by atoms with Gasteiger partial charge in [0.05, 0.1) is 12.5 Å². The minimum atomic E-state index is -0.574. The maximum Gasteiger partial charge on any atom is 0.235 e. The van der Waals surface area contributed by atoms with Crippen molar-refractivity contribution < 1.29 is 9.59 Å². The van der Waals surface area contributed by atoms with Crippen LogP contribution in [0.3, 0.4) is 0 Å². The standard InChI is InChI=1S/C10H21N3O2/c1-5-7(2)12-8(10(11)15)6-9(14)13(3)4/h7-8,12H,5-6H2,1-4H3,(H2,11,15). The highest BCUT2D eigenvalue weighted by molar-refractivity contribution is 5.87. The van der Waals surface area contributed by atoms with E-state index in [2.05, 4.69) is 5.32 Å². The third-order valence-corrected chi connectivity index (χ3v) is 2.32. The highest BCUT2D eigenvalue weighted by Gasteiger charge is 2.21. The van der Waals surface area contributed by atoms with Crippen molar-refractivity contribution in [2.24, 2.45) is 5.73 Å². The third kappa shape index (κ3) is 5.37. The topological polar surface area (TPSA) is 75.4 Å². The summed E-state index contributed by atoms with van der Waals surface area (Å²) in [7, 11) is 3.31. The van der Waals surface area contributed by atoms with Crippen LogP contribution >= 0.6 is 0 Å². The van der Waals surface area contributed by atoms with Crippen LogP contribution in [0.25, 0.3) is 0 Å². The van der Waals surface area contributed by atoms with Crippen LogP contribution in [0.5, 0.6) is 0 Å². The second-order valence-corrected chi connectivity index (χ2v) is 3.92. The maximum absolute atomic E-state index is 11.4. The fourth-order valence-corrected chi connectivity index (χ4v) is 1.06. The Kier molecular flexibility index (Phi) is 5.93. The van der Waals surface area contributed by atoms with Gasteiger partial charge in [0.1, 0.15) is 0 Å². The molecule has 5 nitrogen and oxygen atoms in total. The molecule has 0 saturated carbocycles. The normalized spacial score (nSPS) is 14.4. The molecule has 0 rings (SSSR count). The van der Waals surface area contributed by atoms with E-state index in [0.29, 0.717) is 0 Å². The van der Waals surface area contributed by atoms with Gasteiger partial charge in [0, 0.05) is 20.1 Å². The molecule has 3 N–H and O–H groups in total. The van der Waals surface area contributed by atoms with Gasteiger partial charge in [-0.05, 0) is 13.3 Å². The number of nitrogens with zero attached hydrogens (tertiary/aromatic N) is 1. The van der Waals surface area contributed by atoms with Gasteiger partial charge in [0.15, 0.2) is 0 Å². The van der Waals surface area contributed by atoms with Gasteiger partial charge >= 0.3 is 0 Å². The molecule has 0 bridgehead atoms. The number of primary amides is 1. The Bertz CT molecular complexity index is 229. The molecule has 0 spiro atoms. The van der Waals surface area contributed by atoms with E-state index in [1.807, 2.05) is 13.8 Å². The summed E-state index contributed by atoms with van der Waals surface area (Å²) in [6.45, 7) is 3.96. The number of hydrogen-bond donors (Lipinski definition) is 2. The van der Waals surface area contributed by atoms with Gasteiger partial charge in [-0.3, -0.25) is 9.59 Å². The summed E-state index contributed by atoms with van der Waals surface area (Å²) in [5, 5.41) is 3.03. The predicted octanol–water partition coefficient (Wildman–Crippen LogP) is -0.293. The number of nitrogens with two attached hydrogens (primary N) is 1. The monoisotopic (exact) mass is 215 g/mol. The van der Waals surface area contributed by atoms with Crippen LogP contribution < -0.4 is 11.1 Å². The summed E-state index contributed by atoms with van der Waals surface area (Å²) in [6, 6.07) is -0.396. The van der Waals surface area contributed by atoms with E-state index in [-0.39, 0.29) is 18.4 Å². The number of carbonyl (C=O) groups excluding carboxylic acids is 2. The zero-order chi connectivity index (χ0) is 12.0. The molecular weight excluding hydrogens is 194 g/mol. The van der Waals surface area contributed by atoms with E-state index in [0.717, 1.165) is 6.42 Å². The average Bonchev–Trinajstić information content (AvgIpc) is 2.15. The first kappa shape index (κ1) is 13.9. The van der Waals surface area contributed by atoms with Crippen LogP contribution in [0.4, 0.5) is 0 Å². The van der Waals surface area contributed by atoms with E-state index in [9.17, 15) is 9.59 Å². The van der Waals surface area contributed by atoms with Gasteiger partial charge in [-0.15, -0.1) is 0 Å². The van der Waals surface area contributed by atoms with Crippen molar-refractivity contribution in [3.63, 3.8) is 0 Å². The number of hydrogen-bond acceptors (Lipinski definition) is 3. The van der Waals surface area contributed by atoms with Crippen LogP contribution in [0.15, 0.2) is 0 Å². The number of nitrogens with one attached hydrogen (secondary N) is 1. The number of rotatable bonds is 6. The smallest absolute Gasteiger partial charge is 0.235 e. The van der Waals surface area contributed by atoms with Crippen molar-refractivity contribution >= 4 is 11.8 Å². The summed E-state index contributed by atoms with van der Waals surface area (Å²) in [5.41, 5.74) is 5.22. The van der Waals surface area contributed by atoms with Gasteiger partial charge in [-0.1, -0.05) is 6.92 Å². The Balaban J connectivity index is 4.29. The highest BCUT2D eigenvalue weighted by Crippen LogP contribution is 1.99. The molecule has 0 aromatic carbocycles. The highest BCUT2D eigenvalue weighted by atomic mass is 16.2. The van der Waals surface area contributed by atoms with E-state index in [1.165, 1.54) is 4.90 Å². The fraction of sp³-hybridized carbons (Fsp3) is 0.800. The minimum absolute atomic E-state index is 0.102. The van der Waals surface area contributed by atoms with Crippen LogP contribution in [0, 0.1) is 0 Å². The van der Waals surface area contributed by atoms with Crippen molar-refractivity contribution in [1.29, 1.82) is 0 Å². The summed E-state index contributed by atoms with van der Waals surface area (Å²) in [4.78, 5) is 24.0. The second kappa shape index (κ2) is 6.40. The second-order valence-electron chi connectivity index (χ2n) is 3.92. The molecule has 2 unspecified atom stereocenters. The lowest BCUT2D eigenvalue weighted by Crippen LogP contribution is -2.47. The lowest BCUT2D eigenvalue weighted by atomic mass is 10.1. The van der Waals surface area contributed by atoms with Gasteiger partial charge in [-0.25, -0.2) is 0 Å². The molecule has 2 amide bonds. The first-order valence-electron chi connectivity index (χ1n) is 5.14. The van der Waals surface area contributed by atoms with Crippen LogP contribution in [-0.2, 0) is 9.59 Å². The first-order chi connectivity index (χ1) is 6.88. The number of amides is 2. The predicted molar refractivity (Wildman–Crippen MR) is 59.2 cm³/mol. The molecule has 0 heterocycles. The Morgan fingerprint density at radius 1 is 1.40 bits per heavy atom. The summed E-state index contributed by atoms with van der Waals surface area (Å²) in [5.74, 6) is -0.583. The number of carbonyl (C=O) groups is 2. The maximum atomic E-state index is 11.4. The quantitative estimate of drug-likeness (QED) is 0.639. The Hall–Kier alpha value is -1.10. The SMILES string of the molecule is CCC(C)NC(CC(=O)N(C)C)C(N)=O. The van der Waals surface area contributed by atoms with Gasteiger partial charge in [-0.2, -0.15) is 0 Å². The molecule has 5 heteroatoms. The van der Waals surface area contributed by atoms with Crippen molar-refractivity contribution in [3.8, 4) is 0 Å². The molecule has 0 aromatic rings. The largest absolute Gasteiger partial charge is 0.368 e. The van der Waals surface area contributed by atoms with Crippen molar-refractivity contribution in [3.05, 3.63) is 0 Å². The van der Waals surface area contributed by atoms with E-state index in [4.69, 9.17) is 5.73 Å². The van der Waals surface area contributed by atoms with Gasteiger partial charge in [0.25, 0.3) is 0 Å².